The van der Waals surface area contributed by atoms with Gasteiger partial charge in [-0.15, -0.1) is 0 Å². The second-order valence-electron chi connectivity index (χ2n) is 29.6. The van der Waals surface area contributed by atoms with Crippen LogP contribution in [0.2, 0.25) is 0 Å². The highest BCUT2D eigenvalue weighted by Crippen LogP contribution is 2.33. The van der Waals surface area contributed by atoms with E-state index in [2.05, 4.69) is 67.8 Å². The SMILES string of the molecule is CCCCCCC/C=C\C/C=C\CCCCCCCCCCCCCCCCCCCCCCCCCCCCCCCC(=O)NC(COC1OC(CO)C(OC2OC(CO)C(OC3OC(CO)C(O)C(O)C3O)C(O)C2O)C(O)C1O)C(O)/C=C/CC/C=C/CC/C=C/CCCCCCCC. The molecule has 12 N–H and O–H groups in total. The molecule has 596 valence electrons. The molecule has 0 aromatic carbocycles. The van der Waals surface area contributed by atoms with Crippen LogP contribution >= 0.6 is 0 Å². The van der Waals surface area contributed by atoms with Crippen molar-refractivity contribution in [1.29, 1.82) is 0 Å². The maximum Gasteiger partial charge on any atom is 0.220 e. The van der Waals surface area contributed by atoms with E-state index in [1.165, 1.54) is 244 Å². The first kappa shape index (κ1) is 93.7. The van der Waals surface area contributed by atoms with Gasteiger partial charge in [-0.05, 0) is 77.0 Å². The molecule has 3 aliphatic heterocycles. The highest BCUT2D eigenvalue weighted by Gasteiger charge is 2.54. The monoisotopic (exact) mass is 1450 g/mol. The van der Waals surface area contributed by atoms with Gasteiger partial charge in [0, 0.05) is 6.42 Å². The van der Waals surface area contributed by atoms with E-state index in [1.54, 1.807) is 6.08 Å². The average molecular weight is 1450 g/mol. The van der Waals surface area contributed by atoms with Crippen LogP contribution in [0.3, 0.4) is 0 Å². The zero-order chi connectivity index (χ0) is 73.9. The highest BCUT2D eigenvalue weighted by atomic mass is 16.8. The van der Waals surface area contributed by atoms with E-state index in [0.717, 1.165) is 51.4 Å². The molecule has 0 aliphatic carbocycles. The average Bonchev–Trinajstić information content (AvgIpc) is 0.755. The zero-order valence-corrected chi connectivity index (χ0v) is 63.8. The molecule has 0 radical (unpaired) electrons. The summed E-state index contributed by atoms with van der Waals surface area (Å²) in [5, 5.41) is 121. The summed E-state index contributed by atoms with van der Waals surface area (Å²) in [6.45, 7) is 1.71. The normalized spacial score (nSPS) is 26.5. The molecule has 0 spiro atoms. The molecule has 3 aliphatic rings. The van der Waals surface area contributed by atoms with E-state index >= 15 is 0 Å². The Morgan fingerprint density at radius 3 is 1.04 bits per heavy atom. The molecule has 17 atom stereocenters. The first-order valence-electron chi connectivity index (χ1n) is 41.5. The molecular weight excluding hydrogens is 1300 g/mol. The number of allylic oxidation sites excluding steroid dienone is 9. The largest absolute Gasteiger partial charge is 0.394 e. The Morgan fingerprint density at radius 1 is 0.353 bits per heavy atom. The molecule has 19 nitrogen and oxygen atoms in total. The predicted octanol–water partition coefficient (Wildman–Crippen LogP) is 14.2. The van der Waals surface area contributed by atoms with Gasteiger partial charge in [-0.25, -0.2) is 0 Å². The number of unbranched alkanes of at least 4 members (excludes halogenated alkanes) is 42. The minimum Gasteiger partial charge on any atom is -0.394 e. The quantitative estimate of drug-likeness (QED) is 0.0199. The number of aliphatic hydroxyl groups is 11. The predicted molar refractivity (Wildman–Crippen MR) is 406 cm³/mol. The Bertz CT molecular complexity index is 2080. The summed E-state index contributed by atoms with van der Waals surface area (Å²) in [6, 6.07) is -0.997. The minimum atomic E-state index is -1.98. The molecule has 102 heavy (non-hydrogen) atoms. The van der Waals surface area contributed by atoms with Gasteiger partial charge < -0.3 is 89.9 Å². The molecule has 3 heterocycles. The fourth-order valence-corrected chi connectivity index (χ4v) is 13.8. The number of nitrogens with one attached hydrogen (secondary N) is 1. The summed E-state index contributed by atoms with van der Waals surface area (Å²) in [5.41, 5.74) is 0. The van der Waals surface area contributed by atoms with E-state index in [9.17, 15) is 61.0 Å². The Kier molecular flexibility index (Phi) is 58.3. The molecule has 1 amide bonds. The first-order valence-corrected chi connectivity index (χ1v) is 41.5. The molecule has 0 bridgehead atoms. The van der Waals surface area contributed by atoms with E-state index in [4.69, 9.17) is 28.4 Å². The van der Waals surface area contributed by atoms with Crippen LogP contribution in [-0.2, 0) is 33.2 Å². The smallest absolute Gasteiger partial charge is 0.220 e. The van der Waals surface area contributed by atoms with Crippen molar-refractivity contribution in [1.82, 2.24) is 5.32 Å². The third-order valence-electron chi connectivity index (χ3n) is 20.5. The van der Waals surface area contributed by atoms with Crippen molar-refractivity contribution in [2.45, 2.75) is 433 Å². The molecule has 0 saturated carbocycles. The van der Waals surface area contributed by atoms with Gasteiger partial charge in [0.2, 0.25) is 5.91 Å². The van der Waals surface area contributed by atoms with Crippen LogP contribution < -0.4 is 5.32 Å². The summed E-state index contributed by atoms with van der Waals surface area (Å²) >= 11 is 0. The van der Waals surface area contributed by atoms with Gasteiger partial charge in [0.25, 0.3) is 0 Å². The van der Waals surface area contributed by atoms with Gasteiger partial charge in [0.1, 0.15) is 73.2 Å². The van der Waals surface area contributed by atoms with Crippen molar-refractivity contribution in [3.63, 3.8) is 0 Å². The summed E-state index contributed by atoms with van der Waals surface area (Å²) in [6.07, 6.45) is 55.4. The molecule has 3 fully saturated rings. The van der Waals surface area contributed by atoms with Crippen molar-refractivity contribution in [3.8, 4) is 0 Å². The van der Waals surface area contributed by atoms with Gasteiger partial charge in [-0.1, -0.05) is 306 Å². The zero-order valence-electron chi connectivity index (χ0n) is 63.8. The Morgan fingerprint density at radius 2 is 0.657 bits per heavy atom. The fourth-order valence-electron chi connectivity index (χ4n) is 13.8. The number of carbonyl (C=O) groups excluding carboxylic acids is 1. The van der Waals surface area contributed by atoms with E-state index < -0.39 is 124 Å². The number of ether oxygens (including phenoxy) is 6. The number of carbonyl (C=O) groups is 1. The van der Waals surface area contributed by atoms with Crippen LogP contribution in [0.1, 0.15) is 328 Å². The number of hydrogen-bond acceptors (Lipinski definition) is 18. The summed E-state index contributed by atoms with van der Waals surface area (Å²) in [7, 11) is 0. The maximum absolute atomic E-state index is 13.4. The van der Waals surface area contributed by atoms with Gasteiger partial charge in [-0.3, -0.25) is 4.79 Å². The lowest BCUT2D eigenvalue weighted by atomic mass is 9.96. The Balaban J connectivity index is 1.28. The van der Waals surface area contributed by atoms with Gasteiger partial charge >= 0.3 is 0 Å². The van der Waals surface area contributed by atoms with Gasteiger partial charge in [0.05, 0.1) is 38.6 Å². The first-order chi connectivity index (χ1) is 49.8. The number of amides is 1. The van der Waals surface area contributed by atoms with E-state index in [1.807, 2.05) is 6.08 Å². The topological polar surface area (TPSA) is 307 Å². The third kappa shape index (κ3) is 42.9. The summed E-state index contributed by atoms with van der Waals surface area (Å²) in [5.74, 6) is -0.285. The molecule has 19 heteroatoms. The van der Waals surface area contributed by atoms with Crippen molar-refractivity contribution >= 4 is 5.91 Å². The lowest BCUT2D eigenvalue weighted by Crippen LogP contribution is -2.66. The second kappa shape index (κ2) is 63.4. The van der Waals surface area contributed by atoms with Crippen LogP contribution in [0.15, 0.2) is 60.8 Å². The molecule has 0 aromatic heterocycles. The van der Waals surface area contributed by atoms with Crippen molar-refractivity contribution in [3.05, 3.63) is 60.8 Å². The molecule has 3 rings (SSSR count). The molecule has 3 saturated heterocycles. The second-order valence-corrected chi connectivity index (χ2v) is 29.6. The lowest BCUT2D eigenvalue weighted by molar-refractivity contribution is -0.379. The Labute approximate surface area is 617 Å². The highest BCUT2D eigenvalue weighted by molar-refractivity contribution is 5.76. The molecular formula is C83H151NO18. The number of rotatable bonds is 66. The van der Waals surface area contributed by atoms with Gasteiger partial charge in [-0.2, -0.15) is 0 Å². The molecule has 17 unspecified atom stereocenters. The van der Waals surface area contributed by atoms with Crippen LogP contribution in [0.4, 0.5) is 0 Å². The number of aliphatic hydroxyl groups excluding tert-OH is 11. The fraction of sp³-hybridized carbons (Fsp3) is 0.867. The van der Waals surface area contributed by atoms with Crippen LogP contribution in [-0.4, -0.2) is 193 Å². The summed E-state index contributed by atoms with van der Waals surface area (Å²) < 4.78 is 34.4. The third-order valence-corrected chi connectivity index (χ3v) is 20.5. The van der Waals surface area contributed by atoms with Crippen LogP contribution in [0.25, 0.3) is 0 Å². The van der Waals surface area contributed by atoms with E-state index in [0.29, 0.717) is 12.8 Å². The lowest BCUT2D eigenvalue weighted by Gasteiger charge is -2.48. The van der Waals surface area contributed by atoms with Gasteiger partial charge in [0.15, 0.2) is 18.9 Å². The maximum atomic E-state index is 13.4. The van der Waals surface area contributed by atoms with Crippen molar-refractivity contribution < 1.29 is 89.4 Å². The van der Waals surface area contributed by atoms with E-state index in [-0.39, 0.29) is 18.9 Å². The molecule has 0 aromatic rings. The number of hydrogen-bond donors (Lipinski definition) is 12. The van der Waals surface area contributed by atoms with Crippen molar-refractivity contribution in [2.75, 3.05) is 26.4 Å². The standard InChI is InChI=1S/C83H151NO18/c1-3-5-7-9-11-13-15-17-19-21-22-23-24-25-26-27-28-29-30-31-32-33-34-35-36-37-38-39-40-41-42-43-44-45-47-49-51-53-55-57-59-61-71(89)84-66(67(88)60-58-56-54-52-50-48-46-20-18-16-14-12-10-8-6-4-2)65-97-81-77(95)74(92)79(69(63-86)99-81)102-83-78(96)75(93)80(70(64-87)100-83)101-82-76(94)73(91)72(90)68(62-85)98-82/h15,17-18,20-22,50,52,58,60,66-70,72-83,85-88,90-96H,3-14,16,19,23-49,51,53-57,59,61-65H2,1-2H3,(H,84,89)/b17-15-,20-18+,22-21-,52-50+,60-58+. The summed E-state index contributed by atoms with van der Waals surface area (Å²) in [4.78, 5) is 13.4. The van der Waals surface area contributed by atoms with Crippen molar-refractivity contribution in [2.24, 2.45) is 0 Å². The Hall–Kier alpha value is -2.51. The minimum absolute atomic E-state index is 0.234. The van der Waals surface area contributed by atoms with Crippen LogP contribution in [0, 0.1) is 0 Å². The van der Waals surface area contributed by atoms with Crippen LogP contribution in [0.5, 0.6) is 0 Å².